The minimum absolute atomic E-state index is 0.0574. The SMILES string of the molecule is CCOC(=O)c1cc(-c2ccc(OCc3ccsc3)cc2OC(CCC(=O)O)c2ccccc2C)n[nH]1. The summed E-state index contributed by atoms with van der Waals surface area (Å²) in [4.78, 5) is 23.6. The number of thiophene rings is 1. The Kier molecular flexibility index (Phi) is 8.58. The zero-order chi connectivity index (χ0) is 26.2. The number of H-pyrrole nitrogens is 1. The average molecular weight is 521 g/mol. The van der Waals surface area contributed by atoms with E-state index < -0.39 is 18.0 Å². The van der Waals surface area contributed by atoms with Crippen LogP contribution in [0.5, 0.6) is 11.5 Å². The van der Waals surface area contributed by atoms with Crippen LogP contribution in [0, 0.1) is 6.92 Å². The molecule has 0 spiro atoms. The summed E-state index contributed by atoms with van der Waals surface area (Å²) in [6.45, 7) is 4.35. The minimum Gasteiger partial charge on any atom is -0.489 e. The zero-order valence-electron chi connectivity index (χ0n) is 20.6. The number of rotatable bonds is 12. The monoisotopic (exact) mass is 520 g/mol. The molecule has 2 heterocycles. The first-order valence-corrected chi connectivity index (χ1v) is 12.8. The topological polar surface area (TPSA) is 111 Å². The molecule has 0 amide bonds. The number of carboxylic acids is 1. The van der Waals surface area contributed by atoms with Gasteiger partial charge in [-0.2, -0.15) is 16.4 Å². The maximum absolute atomic E-state index is 12.2. The van der Waals surface area contributed by atoms with Crippen molar-refractivity contribution < 1.29 is 28.9 Å². The van der Waals surface area contributed by atoms with Crippen molar-refractivity contribution in [2.45, 2.75) is 39.4 Å². The van der Waals surface area contributed by atoms with Crippen LogP contribution in [0.4, 0.5) is 0 Å². The molecule has 0 saturated carbocycles. The second-order valence-corrected chi connectivity index (χ2v) is 9.14. The maximum Gasteiger partial charge on any atom is 0.356 e. The summed E-state index contributed by atoms with van der Waals surface area (Å²) >= 11 is 1.60. The predicted molar refractivity (Wildman–Crippen MR) is 140 cm³/mol. The summed E-state index contributed by atoms with van der Waals surface area (Å²) in [6, 6.07) is 16.7. The molecule has 2 aromatic heterocycles. The number of aromatic nitrogens is 2. The lowest BCUT2D eigenvalue weighted by Gasteiger charge is -2.23. The summed E-state index contributed by atoms with van der Waals surface area (Å²) in [5.74, 6) is -0.350. The molecule has 0 aliphatic heterocycles. The highest BCUT2D eigenvalue weighted by atomic mass is 32.1. The lowest BCUT2D eigenvalue weighted by Crippen LogP contribution is -2.12. The quantitative estimate of drug-likeness (QED) is 0.214. The number of ether oxygens (including phenoxy) is 3. The van der Waals surface area contributed by atoms with Crippen molar-refractivity contribution in [2.24, 2.45) is 0 Å². The van der Waals surface area contributed by atoms with E-state index in [4.69, 9.17) is 14.2 Å². The Hall–Kier alpha value is -4.11. The largest absolute Gasteiger partial charge is 0.489 e. The molecule has 192 valence electrons. The highest BCUT2D eigenvalue weighted by Crippen LogP contribution is 2.37. The van der Waals surface area contributed by atoms with Gasteiger partial charge in [0.2, 0.25) is 0 Å². The van der Waals surface area contributed by atoms with Crippen LogP contribution in [0.1, 0.15) is 53.0 Å². The molecule has 0 aliphatic rings. The molecule has 8 nitrogen and oxygen atoms in total. The fraction of sp³-hybridized carbons (Fsp3) is 0.250. The van der Waals surface area contributed by atoms with Crippen molar-refractivity contribution in [3.05, 3.63) is 87.7 Å². The second-order valence-electron chi connectivity index (χ2n) is 8.36. The Balaban J connectivity index is 1.70. The molecule has 37 heavy (non-hydrogen) atoms. The number of benzene rings is 2. The zero-order valence-corrected chi connectivity index (χ0v) is 21.4. The summed E-state index contributed by atoms with van der Waals surface area (Å²) in [5, 5.41) is 20.4. The van der Waals surface area contributed by atoms with Gasteiger partial charge in [0.25, 0.3) is 0 Å². The Morgan fingerprint density at radius 2 is 1.97 bits per heavy atom. The van der Waals surface area contributed by atoms with Gasteiger partial charge in [0.05, 0.1) is 12.3 Å². The van der Waals surface area contributed by atoms with Crippen molar-refractivity contribution in [1.29, 1.82) is 0 Å². The molecule has 1 unspecified atom stereocenters. The number of nitrogens with one attached hydrogen (secondary N) is 1. The molecule has 0 radical (unpaired) electrons. The van der Waals surface area contributed by atoms with Gasteiger partial charge in [-0.15, -0.1) is 0 Å². The van der Waals surface area contributed by atoms with Crippen LogP contribution >= 0.6 is 11.3 Å². The second kappa shape index (κ2) is 12.2. The number of hydrogen-bond donors (Lipinski definition) is 2. The molecule has 0 aliphatic carbocycles. The van der Waals surface area contributed by atoms with Crippen molar-refractivity contribution in [3.63, 3.8) is 0 Å². The van der Waals surface area contributed by atoms with Crippen molar-refractivity contribution in [1.82, 2.24) is 10.2 Å². The molecule has 0 fully saturated rings. The van der Waals surface area contributed by atoms with E-state index in [-0.39, 0.29) is 25.1 Å². The number of aromatic amines is 1. The Morgan fingerprint density at radius 3 is 2.70 bits per heavy atom. The number of aryl methyl sites for hydroxylation is 1. The van der Waals surface area contributed by atoms with Crippen LogP contribution in [-0.4, -0.2) is 33.8 Å². The maximum atomic E-state index is 12.2. The fourth-order valence-corrected chi connectivity index (χ4v) is 4.50. The van der Waals surface area contributed by atoms with Gasteiger partial charge in [0.15, 0.2) is 0 Å². The van der Waals surface area contributed by atoms with Gasteiger partial charge in [-0.05, 0) is 72.0 Å². The molecule has 9 heteroatoms. The van der Waals surface area contributed by atoms with Crippen LogP contribution in [0.3, 0.4) is 0 Å². The summed E-state index contributed by atoms with van der Waals surface area (Å²) in [5.41, 5.74) is 4.29. The molecule has 2 N–H and O–H groups in total. The van der Waals surface area contributed by atoms with E-state index in [2.05, 4.69) is 10.2 Å². The average Bonchev–Trinajstić information content (AvgIpc) is 3.59. The van der Waals surface area contributed by atoms with Gasteiger partial charge in [-0.1, -0.05) is 24.3 Å². The summed E-state index contributed by atoms with van der Waals surface area (Å²) in [7, 11) is 0. The lowest BCUT2D eigenvalue weighted by molar-refractivity contribution is -0.137. The number of esters is 1. The van der Waals surface area contributed by atoms with Gasteiger partial charge in [-0.25, -0.2) is 4.79 Å². The first-order valence-electron chi connectivity index (χ1n) is 11.9. The lowest BCUT2D eigenvalue weighted by atomic mass is 9.99. The van der Waals surface area contributed by atoms with E-state index in [1.807, 2.05) is 60.1 Å². The number of hydrogen-bond acceptors (Lipinski definition) is 7. The minimum atomic E-state index is -0.901. The summed E-state index contributed by atoms with van der Waals surface area (Å²) in [6.07, 6.45) is -0.307. The summed E-state index contributed by atoms with van der Waals surface area (Å²) < 4.78 is 17.6. The van der Waals surface area contributed by atoms with E-state index >= 15 is 0 Å². The van der Waals surface area contributed by atoms with Gasteiger partial charge >= 0.3 is 11.9 Å². The van der Waals surface area contributed by atoms with Gasteiger partial charge in [0, 0.05) is 18.1 Å². The van der Waals surface area contributed by atoms with Crippen LogP contribution < -0.4 is 9.47 Å². The van der Waals surface area contributed by atoms with E-state index in [1.165, 1.54) is 0 Å². The third-order valence-corrected chi connectivity index (χ3v) is 6.44. The standard InChI is InChI=1S/C28H28N2O6S/c1-3-34-28(33)24-15-23(29-30-24)22-9-8-20(35-16-19-12-13-37-17-19)14-26(22)36-25(10-11-27(31)32)21-7-5-4-6-18(21)2/h4-9,12-15,17,25H,3,10-11,16H2,1-2H3,(H,29,30)(H,31,32). The van der Waals surface area contributed by atoms with E-state index in [0.29, 0.717) is 29.4 Å². The van der Waals surface area contributed by atoms with Gasteiger partial charge in [0.1, 0.15) is 29.9 Å². The molecule has 4 rings (SSSR count). The third-order valence-electron chi connectivity index (χ3n) is 5.71. The first-order chi connectivity index (χ1) is 17.9. The van der Waals surface area contributed by atoms with Crippen LogP contribution in [0.15, 0.2) is 65.4 Å². The highest BCUT2D eigenvalue weighted by Gasteiger charge is 2.22. The van der Waals surface area contributed by atoms with E-state index in [9.17, 15) is 14.7 Å². The van der Waals surface area contributed by atoms with E-state index in [0.717, 1.165) is 16.7 Å². The Morgan fingerprint density at radius 1 is 1.14 bits per heavy atom. The van der Waals surface area contributed by atoms with Gasteiger partial charge in [-0.3, -0.25) is 9.89 Å². The van der Waals surface area contributed by atoms with E-state index in [1.54, 1.807) is 30.4 Å². The first kappa shape index (κ1) is 26.0. The van der Waals surface area contributed by atoms with Crippen LogP contribution in [0.2, 0.25) is 0 Å². The van der Waals surface area contributed by atoms with Gasteiger partial charge < -0.3 is 19.3 Å². The molecule has 1 atom stereocenters. The van der Waals surface area contributed by atoms with Crippen molar-refractivity contribution in [3.8, 4) is 22.8 Å². The normalized spacial score (nSPS) is 11.6. The van der Waals surface area contributed by atoms with Crippen LogP contribution in [-0.2, 0) is 16.1 Å². The Labute approximate surface area is 218 Å². The predicted octanol–water partition coefficient (Wildman–Crippen LogP) is 6.19. The third kappa shape index (κ3) is 6.77. The van der Waals surface area contributed by atoms with Crippen molar-refractivity contribution in [2.75, 3.05) is 6.61 Å². The molecular formula is C28H28N2O6S. The van der Waals surface area contributed by atoms with Crippen molar-refractivity contribution >= 4 is 23.3 Å². The molecule has 4 aromatic rings. The smallest absolute Gasteiger partial charge is 0.356 e. The Bertz CT molecular complexity index is 1350. The number of carboxylic acid groups (broad SMARTS) is 1. The molecule has 0 bridgehead atoms. The molecule has 2 aromatic carbocycles. The highest BCUT2D eigenvalue weighted by molar-refractivity contribution is 7.07. The molecular weight excluding hydrogens is 492 g/mol. The fourth-order valence-electron chi connectivity index (χ4n) is 3.85. The van der Waals surface area contributed by atoms with Crippen LogP contribution in [0.25, 0.3) is 11.3 Å². The number of nitrogens with zero attached hydrogens (tertiary/aromatic N) is 1. The number of carbonyl (C=O) groups excluding carboxylic acids is 1. The number of aliphatic carboxylic acids is 1. The number of carbonyl (C=O) groups is 2. The molecule has 0 saturated heterocycles.